The Hall–Kier alpha value is -2.54. The molecule has 0 atom stereocenters. The summed E-state index contributed by atoms with van der Waals surface area (Å²) in [7, 11) is 1.59. The quantitative estimate of drug-likeness (QED) is 0.310. The van der Waals surface area contributed by atoms with E-state index in [0.717, 1.165) is 21.3 Å². The molecule has 0 fully saturated rings. The van der Waals surface area contributed by atoms with Crippen molar-refractivity contribution in [3.63, 3.8) is 0 Å². The van der Waals surface area contributed by atoms with Crippen molar-refractivity contribution in [3.8, 4) is 17.2 Å². The number of carbonyl (C=O) groups is 1. The molecule has 0 unspecified atom stereocenters. The van der Waals surface area contributed by atoms with Gasteiger partial charge in [-0.05, 0) is 84.6 Å². The van der Waals surface area contributed by atoms with Crippen LogP contribution in [0, 0.1) is 6.92 Å². The molecule has 0 heterocycles. The molecule has 0 spiro atoms. The smallest absolute Gasteiger partial charge is 0.240 e. The summed E-state index contributed by atoms with van der Waals surface area (Å²) in [6.07, 6.45) is 2.54. The molecule has 2 aromatic rings. The van der Waals surface area contributed by atoms with Gasteiger partial charge in [-0.2, -0.15) is 5.10 Å². The highest BCUT2D eigenvalue weighted by Gasteiger charge is 2.07. The highest BCUT2D eigenvalue weighted by molar-refractivity contribution is 9.10. The average Bonchev–Trinajstić information content (AvgIpc) is 2.67. The van der Waals surface area contributed by atoms with Gasteiger partial charge in [0.1, 0.15) is 5.75 Å². The molecule has 2 aromatic carbocycles. The second-order valence-electron chi connectivity index (χ2n) is 6.76. The topological polar surface area (TPSA) is 69.2 Å². The van der Waals surface area contributed by atoms with Gasteiger partial charge in [0, 0.05) is 6.42 Å². The molecule has 0 aliphatic rings. The number of hydrogen-bond acceptors (Lipinski definition) is 5. The Bertz CT molecular complexity index is 853. The Labute approximate surface area is 180 Å². The summed E-state index contributed by atoms with van der Waals surface area (Å²) in [6, 6.07) is 11.4. The van der Waals surface area contributed by atoms with Crippen molar-refractivity contribution < 1.29 is 19.0 Å². The monoisotopic (exact) mass is 462 g/mol. The lowest BCUT2D eigenvalue weighted by Gasteiger charge is -2.13. The van der Waals surface area contributed by atoms with E-state index in [9.17, 15) is 4.79 Å². The van der Waals surface area contributed by atoms with Gasteiger partial charge in [0.05, 0.1) is 30.5 Å². The number of methoxy groups -OCH3 is 1. The van der Waals surface area contributed by atoms with E-state index in [2.05, 4.69) is 26.5 Å². The molecule has 1 N–H and O–H groups in total. The van der Waals surface area contributed by atoms with E-state index in [4.69, 9.17) is 14.2 Å². The summed E-state index contributed by atoms with van der Waals surface area (Å²) in [4.78, 5) is 11.9. The van der Waals surface area contributed by atoms with Crippen LogP contribution in [-0.4, -0.2) is 31.9 Å². The lowest BCUT2D eigenvalue weighted by molar-refractivity contribution is -0.121. The summed E-state index contributed by atoms with van der Waals surface area (Å²) < 4.78 is 17.6. The van der Waals surface area contributed by atoms with Crippen molar-refractivity contribution in [1.82, 2.24) is 5.43 Å². The van der Waals surface area contributed by atoms with Crippen LogP contribution >= 0.6 is 15.9 Å². The number of hydrogen-bond donors (Lipinski definition) is 1. The van der Waals surface area contributed by atoms with Crippen LogP contribution < -0.4 is 19.6 Å². The third-order valence-electron chi connectivity index (χ3n) is 3.85. The van der Waals surface area contributed by atoms with Crippen molar-refractivity contribution in [2.24, 2.45) is 5.10 Å². The molecule has 1 amide bonds. The van der Waals surface area contributed by atoms with Gasteiger partial charge in [-0.25, -0.2) is 5.43 Å². The Morgan fingerprint density at radius 3 is 2.62 bits per heavy atom. The molecule has 0 aliphatic carbocycles. The fourth-order valence-electron chi connectivity index (χ4n) is 2.49. The minimum absolute atomic E-state index is 0.0544. The molecular weight excluding hydrogens is 436 g/mol. The fourth-order valence-corrected chi connectivity index (χ4v) is 3.10. The predicted octanol–water partition coefficient (Wildman–Crippen LogP) is 4.86. The molecule has 0 radical (unpaired) electrons. The second kappa shape index (κ2) is 11.5. The first kappa shape index (κ1) is 22.7. The van der Waals surface area contributed by atoms with Crippen LogP contribution in [0.3, 0.4) is 0 Å². The molecule has 0 saturated heterocycles. The second-order valence-corrected chi connectivity index (χ2v) is 7.61. The van der Waals surface area contributed by atoms with E-state index in [1.165, 1.54) is 0 Å². The summed E-state index contributed by atoms with van der Waals surface area (Å²) in [5.74, 6) is 1.89. The summed E-state index contributed by atoms with van der Waals surface area (Å²) in [5.41, 5.74) is 4.48. The molecule has 0 bridgehead atoms. The zero-order chi connectivity index (χ0) is 21.2. The number of benzene rings is 2. The number of rotatable bonds is 10. The van der Waals surface area contributed by atoms with Gasteiger partial charge in [-0.3, -0.25) is 4.79 Å². The standard InChI is InChI=1S/C22H27BrN2O4/c1-15(2)29-20-10-8-17(13-21(20)27-4)14-24-25-22(26)6-5-11-28-19-9-7-16(3)12-18(19)23/h7-10,12-15H,5-6,11H2,1-4H3,(H,25,26)/b24-14+. The summed E-state index contributed by atoms with van der Waals surface area (Å²) in [6.45, 7) is 6.38. The van der Waals surface area contributed by atoms with E-state index >= 15 is 0 Å². The zero-order valence-corrected chi connectivity index (χ0v) is 18.8. The fraction of sp³-hybridized carbons (Fsp3) is 0.364. The number of nitrogens with zero attached hydrogens (tertiary/aromatic N) is 1. The number of aryl methyl sites for hydroxylation is 1. The maximum Gasteiger partial charge on any atom is 0.240 e. The van der Waals surface area contributed by atoms with Gasteiger partial charge < -0.3 is 14.2 Å². The van der Waals surface area contributed by atoms with E-state index in [-0.39, 0.29) is 12.0 Å². The Morgan fingerprint density at radius 2 is 1.93 bits per heavy atom. The van der Waals surface area contributed by atoms with Crippen LogP contribution in [0.5, 0.6) is 17.2 Å². The third-order valence-corrected chi connectivity index (χ3v) is 4.47. The van der Waals surface area contributed by atoms with Gasteiger partial charge in [-0.15, -0.1) is 0 Å². The maximum absolute atomic E-state index is 11.9. The number of nitrogens with one attached hydrogen (secondary N) is 1. The van der Waals surface area contributed by atoms with Gasteiger partial charge in [0.25, 0.3) is 0 Å². The van der Waals surface area contributed by atoms with E-state index in [1.54, 1.807) is 19.4 Å². The largest absolute Gasteiger partial charge is 0.493 e. The van der Waals surface area contributed by atoms with Crippen LogP contribution in [-0.2, 0) is 4.79 Å². The SMILES string of the molecule is COc1cc(/C=N/NC(=O)CCCOc2ccc(C)cc2Br)ccc1OC(C)C. The van der Waals surface area contributed by atoms with E-state index < -0.39 is 0 Å². The molecule has 7 heteroatoms. The molecule has 6 nitrogen and oxygen atoms in total. The first-order chi connectivity index (χ1) is 13.9. The Kier molecular flexibility index (Phi) is 8.99. The molecule has 29 heavy (non-hydrogen) atoms. The van der Waals surface area contributed by atoms with Crippen LogP contribution in [0.2, 0.25) is 0 Å². The summed E-state index contributed by atoms with van der Waals surface area (Å²) >= 11 is 3.47. The van der Waals surface area contributed by atoms with Crippen molar-refractivity contribution in [2.75, 3.05) is 13.7 Å². The maximum atomic E-state index is 11.9. The van der Waals surface area contributed by atoms with Crippen molar-refractivity contribution in [2.45, 2.75) is 39.7 Å². The minimum atomic E-state index is -0.167. The lowest BCUT2D eigenvalue weighted by atomic mass is 10.2. The number of carbonyl (C=O) groups excluding carboxylic acids is 1. The van der Waals surface area contributed by atoms with Crippen molar-refractivity contribution in [3.05, 3.63) is 52.0 Å². The number of ether oxygens (including phenoxy) is 3. The molecule has 0 aromatic heterocycles. The van der Waals surface area contributed by atoms with Crippen LogP contribution in [0.15, 0.2) is 46.0 Å². The van der Waals surface area contributed by atoms with Gasteiger partial charge in [0.15, 0.2) is 11.5 Å². The highest BCUT2D eigenvalue weighted by Crippen LogP contribution is 2.28. The first-order valence-electron chi connectivity index (χ1n) is 9.44. The molecular formula is C22H27BrN2O4. The molecule has 0 saturated carbocycles. The molecule has 156 valence electrons. The highest BCUT2D eigenvalue weighted by atomic mass is 79.9. The van der Waals surface area contributed by atoms with Crippen molar-refractivity contribution in [1.29, 1.82) is 0 Å². The zero-order valence-electron chi connectivity index (χ0n) is 17.2. The van der Waals surface area contributed by atoms with Gasteiger partial charge >= 0.3 is 0 Å². The molecule has 0 aliphatic heterocycles. The number of hydrazone groups is 1. The Morgan fingerprint density at radius 1 is 1.17 bits per heavy atom. The van der Waals surface area contributed by atoms with Crippen molar-refractivity contribution >= 4 is 28.1 Å². The number of halogens is 1. The van der Waals surface area contributed by atoms with Crippen LogP contribution in [0.1, 0.15) is 37.8 Å². The predicted molar refractivity (Wildman–Crippen MR) is 118 cm³/mol. The molecule has 2 rings (SSSR count). The number of amides is 1. The Balaban J connectivity index is 1.76. The van der Waals surface area contributed by atoms with Crippen LogP contribution in [0.4, 0.5) is 0 Å². The van der Waals surface area contributed by atoms with E-state index in [0.29, 0.717) is 30.9 Å². The lowest BCUT2D eigenvalue weighted by Crippen LogP contribution is -2.18. The van der Waals surface area contributed by atoms with E-state index in [1.807, 2.05) is 51.1 Å². The normalized spacial score (nSPS) is 11.0. The van der Waals surface area contributed by atoms with Crippen LogP contribution in [0.25, 0.3) is 0 Å². The average molecular weight is 463 g/mol. The third kappa shape index (κ3) is 7.77. The first-order valence-corrected chi connectivity index (χ1v) is 10.2. The van der Waals surface area contributed by atoms with Gasteiger partial charge in [0.2, 0.25) is 5.91 Å². The summed E-state index contributed by atoms with van der Waals surface area (Å²) in [5, 5.41) is 4.00. The van der Waals surface area contributed by atoms with Gasteiger partial charge in [-0.1, -0.05) is 6.07 Å². The minimum Gasteiger partial charge on any atom is -0.493 e.